The van der Waals surface area contributed by atoms with E-state index in [0.29, 0.717) is 19.1 Å². The highest BCUT2D eigenvalue weighted by Gasteiger charge is 2.12. The predicted molar refractivity (Wildman–Crippen MR) is 70.1 cm³/mol. The standard InChI is InChI=1S/C14H19NO3/c1-10(11(2)16)8-15-6-5-12-3-4-13-14(7-12)18-9-17-13/h3-4,7,15-16H,5-6,8-9H2,1-2H3/b11-10+. The molecule has 0 aliphatic carbocycles. The van der Waals surface area contributed by atoms with Crippen LogP contribution in [0.4, 0.5) is 0 Å². The average Bonchev–Trinajstić information content (AvgIpc) is 2.81. The van der Waals surface area contributed by atoms with Crippen LogP contribution in [0.5, 0.6) is 11.5 Å². The maximum absolute atomic E-state index is 9.25. The molecule has 1 aliphatic heterocycles. The Balaban J connectivity index is 1.79. The van der Waals surface area contributed by atoms with E-state index < -0.39 is 0 Å². The number of benzene rings is 1. The van der Waals surface area contributed by atoms with Crippen LogP contribution >= 0.6 is 0 Å². The number of nitrogens with one attached hydrogen (secondary N) is 1. The van der Waals surface area contributed by atoms with Crippen molar-refractivity contribution in [2.75, 3.05) is 19.9 Å². The molecule has 4 nitrogen and oxygen atoms in total. The van der Waals surface area contributed by atoms with E-state index in [4.69, 9.17) is 9.47 Å². The fraction of sp³-hybridized carbons (Fsp3) is 0.429. The summed E-state index contributed by atoms with van der Waals surface area (Å²) in [6.45, 7) is 5.52. The van der Waals surface area contributed by atoms with Gasteiger partial charge >= 0.3 is 0 Å². The molecule has 2 N–H and O–H groups in total. The number of rotatable bonds is 5. The summed E-state index contributed by atoms with van der Waals surface area (Å²) in [6, 6.07) is 6.01. The second-order valence-electron chi connectivity index (χ2n) is 4.48. The van der Waals surface area contributed by atoms with Gasteiger partial charge < -0.3 is 19.9 Å². The van der Waals surface area contributed by atoms with E-state index in [0.717, 1.165) is 30.0 Å². The van der Waals surface area contributed by atoms with E-state index in [1.54, 1.807) is 6.92 Å². The van der Waals surface area contributed by atoms with Gasteiger partial charge in [-0.15, -0.1) is 0 Å². The zero-order valence-corrected chi connectivity index (χ0v) is 10.8. The maximum atomic E-state index is 9.25. The Morgan fingerprint density at radius 3 is 2.83 bits per heavy atom. The monoisotopic (exact) mass is 249 g/mol. The summed E-state index contributed by atoms with van der Waals surface area (Å²) < 4.78 is 10.6. The number of allylic oxidation sites excluding steroid dienone is 1. The minimum absolute atomic E-state index is 0.316. The van der Waals surface area contributed by atoms with E-state index in [2.05, 4.69) is 11.4 Å². The zero-order valence-electron chi connectivity index (χ0n) is 10.8. The number of hydrogen-bond acceptors (Lipinski definition) is 4. The summed E-state index contributed by atoms with van der Waals surface area (Å²) in [4.78, 5) is 0. The van der Waals surface area contributed by atoms with Crippen molar-refractivity contribution in [3.63, 3.8) is 0 Å². The molecular formula is C14H19NO3. The van der Waals surface area contributed by atoms with E-state index in [1.807, 2.05) is 19.1 Å². The van der Waals surface area contributed by atoms with Crippen molar-refractivity contribution >= 4 is 0 Å². The Morgan fingerprint density at radius 1 is 1.28 bits per heavy atom. The smallest absolute Gasteiger partial charge is 0.231 e. The van der Waals surface area contributed by atoms with Crippen molar-refractivity contribution in [2.45, 2.75) is 20.3 Å². The van der Waals surface area contributed by atoms with Crippen LogP contribution in [0.25, 0.3) is 0 Å². The fourth-order valence-electron chi connectivity index (χ4n) is 1.73. The Bertz CT molecular complexity index is 450. The second-order valence-corrected chi connectivity index (χ2v) is 4.48. The van der Waals surface area contributed by atoms with Crippen LogP contribution < -0.4 is 14.8 Å². The molecule has 0 aromatic heterocycles. The largest absolute Gasteiger partial charge is 0.513 e. The molecule has 0 saturated carbocycles. The molecular weight excluding hydrogens is 230 g/mol. The summed E-state index contributed by atoms with van der Waals surface area (Å²) in [5, 5.41) is 12.5. The number of hydrogen-bond donors (Lipinski definition) is 2. The van der Waals surface area contributed by atoms with Crippen LogP contribution in [0, 0.1) is 0 Å². The summed E-state index contributed by atoms with van der Waals surface area (Å²) >= 11 is 0. The number of ether oxygens (including phenoxy) is 2. The highest BCUT2D eigenvalue weighted by molar-refractivity contribution is 5.44. The Labute approximate surface area is 107 Å². The Kier molecular flexibility index (Phi) is 4.10. The topological polar surface area (TPSA) is 50.7 Å². The molecule has 0 fully saturated rings. The number of aliphatic hydroxyl groups is 1. The lowest BCUT2D eigenvalue weighted by molar-refractivity contribution is 0.174. The molecule has 1 aromatic carbocycles. The summed E-state index contributed by atoms with van der Waals surface area (Å²) in [5.41, 5.74) is 2.19. The van der Waals surface area contributed by atoms with Crippen molar-refractivity contribution in [1.29, 1.82) is 0 Å². The number of fused-ring (bicyclic) bond motifs is 1. The summed E-state index contributed by atoms with van der Waals surface area (Å²) in [5.74, 6) is 2.04. The minimum atomic E-state index is 0.316. The van der Waals surface area contributed by atoms with Gasteiger partial charge in [-0.3, -0.25) is 0 Å². The third-order valence-corrected chi connectivity index (χ3v) is 3.04. The van der Waals surface area contributed by atoms with Gasteiger partial charge in [-0.25, -0.2) is 0 Å². The maximum Gasteiger partial charge on any atom is 0.231 e. The molecule has 1 aliphatic rings. The van der Waals surface area contributed by atoms with Crippen molar-refractivity contribution in [1.82, 2.24) is 5.32 Å². The van der Waals surface area contributed by atoms with Crippen LogP contribution in [0.3, 0.4) is 0 Å². The van der Waals surface area contributed by atoms with E-state index in [1.165, 1.54) is 5.56 Å². The van der Waals surface area contributed by atoms with Crippen LogP contribution in [-0.2, 0) is 6.42 Å². The van der Waals surface area contributed by atoms with Gasteiger partial charge in [0.05, 0.1) is 5.76 Å². The minimum Gasteiger partial charge on any atom is -0.513 e. The van der Waals surface area contributed by atoms with Gasteiger partial charge in [0.25, 0.3) is 0 Å². The van der Waals surface area contributed by atoms with Crippen molar-refractivity contribution < 1.29 is 14.6 Å². The molecule has 18 heavy (non-hydrogen) atoms. The molecule has 0 atom stereocenters. The quantitative estimate of drug-likeness (QED) is 0.621. The highest BCUT2D eigenvalue weighted by Crippen LogP contribution is 2.32. The average molecular weight is 249 g/mol. The van der Waals surface area contributed by atoms with Crippen LogP contribution in [0.2, 0.25) is 0 Å². The first-order valence-corrected chi connectivity index (χ1v) is 6.11. The van der Waals surface area contributed by atoms with Gasteiger partial charge in [0.1, 0.15) is 0 Å². The summed E-state index contributed by atoms with van der Waals surface area (Å²) in [7, 11) is 0. The normalized spacial score (nSPS) is 14.6. The summed E-state index contributed by atoms with van der Waals surface area (Å²) in [6.07, 6.45) is 0.925. The molecule has 0 amide bonds. The molecule has 1 aromatic rings. The first-order valence-electron chi connectivity index (χ1n) is 6.11. The third kappa shape index (κ3) is 3.17. The van der Waals surface area contributed by atoms with Crippen molar-refractivity contribution in [3.8, 4) is 11.5 Å². The van der Waals surface area contributed by atoms with Crippen LogP contribution in [0.15, 0.2) is 29.5 Å². The first kappa shape index (κ1) is 12.8. The molecule has 2 rings (SSSR count). The van der Waals surface area contributed by atoms with Gasteiger partial charge in [-0.05, 0) is 50.1 Å². The van der Waals surface area contributed by atoms with Gasteiger partial charge in [-0.2, -0.15) is 0 Å². The van der Waals surface area contributed by atoms with Crippen LogP contribution in [-0.4, -0.2) is 25.0 Å². The molecule has 98 valence electrons. The lowest BCUT2D eigenvalue weighted by Crippen LogP contribution is -2.19. The third-order valence-electron chi connectivity index (χ3n) is 3.04. The Morgan fingerprint density at radius 2 is 2.06 bits per heavy atom. The van der Waals surface area contributed by atoms with Gasteiger partial charge in [0.2, 0.25) is 6.79 Å². The second kappa shape index (κ2) is 5.78. The van der Waals surface area contributed by atoms with E-state index >= 15 is 0 Å². The molecule has 0 spiro atoms. The molecule has 0 saturated heterocycles. The lowest BCUT2D eigenvalue weighted by atomic mass is 10.1. The number of aliphatic hydroxyl groups excluding tert-OH is 1. The highest BCUT2D eigenvalue weighted by atomic mass is 16.7. The van der Waals surface area contributed by atoms with E-state index in [-0.39, 0.29) is 0 Å². The molecule has 0 radical (unpaired) electrons. The van der Waals surface area contributed by atoms with Gasteiger partial charge in [0, 0.05) is 6.54 Å². The lowest BCUT2D eigenvalue weighted by Gasteiger charge is -2.06. The SMILES string of the molecule is C/C(O)=C(/C)CNCCc1ccc2c(c1)OCO2. The molecule has 0 bridgehead atoms. The Hall–Kier alpha value is -1.68. The fourth-order valence-corrected chi connectivity index (χ4v) is 1.73. The molecule has 0 unspecified atom stereocenters. The zero-order chi connectivity index (χ0) is 13.0. The first-order chi connectivity index (χ1) is 8.66. The molecule has 1 heterocycles. The van der Waals surface area contributed by atoms with Crippen molar-refractivity contribution in [2.24, 2.45) is 0 Å². The van der Waals surface area contributed by atoms with E-state index in [9.17, 15) is 5.11 Å². The van der Waals surface area contributed by atoms with Gasteiger partial charge in [-0.1, -0.05) is 6.07 Å². The molecule has 4 heteroatoms. The van der Waals surface area contributed by atoms with Crippen LogP contribution in [0.1, 0.15) is 19.4 Å². The van der Waals surface area contributed by atoms with Crippen molar-refractivity contribution in [3.05, 3.63) is 35.1 Å². The predicted octanol–water partition coefficient (Wildman–Crippen LogP) is 2.40. The van der Waals surface area contributed by atoms with Gasteiger partial charge in [0.15, 0.2) is 11.5 Å².